The topological polar surface area (TPSA) is 95.9 Å². The fourth-order valence-electron chi connectivity index (χ4n) is 4.76. The van der Waals surface area contributed by atoms with Gasteiger partial charge in [0.1, 0.15) is 18.7 Å². The number of carbonyl (C=O) groups is 3. The summed E-state index contributed by atoms with van der Waals surface area (Å²) in [5.41, 5.74) is 4.51. The molecule has 2 aliphatic rings. The molecule has 2 N–H and O–H groups in total. The lowest BCUT2D eigenvalue weighted by molar-refractivity contribution is -0.149. The quantitative estimate of drug-likeness (QED) is 0.613. The van der Waals surface area contributed by atoms with Crippen LogP contribution in [-0.2, 0) is 14.3 Å². The number of nitrogens with one attached hydrogen (secondary N) is 1. The van der Waals surface area contributed by atoms with Crippen molar-refractivity contribution < 1.29 is 24.2 Å². The molecule has 1 fully saturated rings. The van der Waals surface area contributed by atoms with Crippen molar-refractivity contribution in [1.82, 2.24) is 10.2 Å². The lowest BCUT2D eigenvalue weighted by atomic mass is 9.98. The van der Waals surface area contributed by atoms with E-state index in [0.717, 1.165) is 22.3 Å². The molecule has 4 rings (SSSR count). The van der Waals surface area contributed by atoms with Crippen LogP contribution in [0, 0.1) is 0 Å². The molecule has 2 unspecified atom stereocenters. The van der Waals surface area contributed by atoms with Crippen LogP contribution < -0.4 is 5.32 Å². The van der Waals surface area contributed by atoms with Crippen molar-refractivity contribution in [3.8, 4) is 11.1 Å². The van der Waals surface area contributed by atoms with E-state index in [2.05, 4.69) is 17.4 Å². The van der Waals surface area contributed by atoms with Crippen LogP contribution >= 0.6 is 11.8 Å². The maximum Gasteiger partial charge on any atom is 0.407 e. The first-order valence-corrected chi connectivity index (χ1v) is 12.5. The van der Waals surface area contributed by atoms with Crippen LogP contribution in [0.15, 0.2) is 48.5 Å². The van der Waals surface area contributed by atoms with Gasteiger partial charge >= 0.3 is 12.1 Å². The summed E-state index contributed by atoms with van der Waals surface area (Å²) in [7, 11) is 0. The Balaban J connectivity index is 1.43. The van der Waals surface area contributed by atoms with Crippen molar-refractivity contribution in [3.63, 3.8) is 0 Å². The molecule has 1 aliphatic carbocycles. The normalized spacial score (nSPS) is 17.8. The summed E-state index contributed by atoms with van der Waals surface area (Å²) < 4.78 is 5.59. The summed E-state index contributed by atoms with van der Waals surface area (Å²) >= 11 is 1.56. The number of ether oxygens (including phenoxy) is 1. The monoisotopic (exact) mass is 468 g/mol. The van der Waals surface area contributed by atoms with Gasteiger partial charge in [0.25, 0.3) is 0 Å². The second-order valence-corrected chi connectivity index (χ2v) is 9.32. The van der Waals surface area contributed by atoms with Crippen molar-refractivity contribution >= 4 is 29.7 Å². The Morgan fingerprint density at radius 3 is 2.36 bits per heavy atom. The number of carboxylic acids is 1. The number of fused-ring (bicyclic) bond motifs is 3. The second-order valence-electron chi connectivity index (χ2n) is 8.33. The summed E-state index contributed by atoms with van der Waals surface area (Å²) in [6, 6.07) is 14.5. The van der Waals surface area contributed by atoms with Crippen molar-refractivity contribution in [3.05, 3.63) is 59.7 Å². The number of amides is 2. The molecule has 1 saturated heterocycles. The highest BCUT2D eigenvalue weighted by Crippen LogP contribution is 2.44. The number of likely N-dealkylation sites (tertiary alicyclic amines) is 1. The number of benzene rings is 2. The molecule has 2 atom stereocenters. The third kappa shape index (κ3) is 4.85. The van der Waals surface area contributed by atoms with Gasteiger partial charge in [0.2, 0.25) is 5.91 Å². The zero-order chi connectivity index (χ0) is 23.4. The largest absolute Gasteiger partial charge is 0.480 e. The first-order valence-electron chi connectivity index (χ1n) is 11.1. The highest BCUT2D eigenvalue weighted by Gasteiger charge is 2.38. The minimum Gasteiger partial charge on any atom is -0.480 e. The molecule has 8 heteroatoms. The van der Waals surface area contributed by atoms with Gasteiger partial charge in [0.05, 0.1) is 0 Å². The highest BCUT2D eigenvalue weighted by molar-refractivity contribution is 7.98. The molecule has 33 heavy (non-hydrogen) atoms. The molecule has 1 aliphatic heterocycles. The average Bonchev–Trinajstić information content (AvgIpc) is 3.43. The molecular formula is C25H28N2O5S. The molecule has 1 heterocycles. The zero-order valence-corrected chi connectivity index (χ0v) is 19.3. The Hall–Kier alpha value is -3.00. The van der Waals surface area contributed by atoms with E-state index in [1.165, 1.54) is 4.90 Å². The first-order chi connectivity index (χ1) is 16.0. The fraction of sp³-hybridized carbons (Fsp3) is 0.400. The molecular weight excluding hydrogens is 440 g/mol. The lowest BCUT2D eigenvalue weighted by Gasteiger charge is -2.27. The Labute approximate surface area is 197 Å². The molecule has 2 amide bonds. The number of carbonyl (C=O) groups excluding carboxylic acids is 2. The number of alkyl carbamates (subject to hydrolysis) is 1. The molecule has 0 saturated carbocycles. The van der Waals surface area contributed by atoms with Crippen molar-refractivity contribution in [2.45, 2.75) is 37.3 Å². The molecule has 0 radical (unpaired) electrons. The average molecular weight is 469 g/mol. The Bertz CT molecular complexity index is 997. The number of hydrogen-bond donors (Lipinski definition) is 2. The molecule has 174 valence electrons. The standard InChI is InChI=1S/C25H28N2O5S/c1-33-14-12-21(23(28)27-13-6-11-22(27)24(29)30)26-25(31)32-15-20-18-9-4-2-7-16(18)17-8-3-5-10-19(17)20/h2-5,7-10,20-22H,6,11-15H2,1H3,(H,26,31)(H,29,30). The van der Waals surface area contributed by atoms with E-state index in [0.29, 0.717) is 31.6 Å². The van der Waals surface area contributed by atoms with Crippen molar-refractivity contribution in [2.75, 3.05) is 25.2 Å². The predicted molar refractivity (Wildman–Crippen MR) is 127 cm³/mol. The van der Waals surface area contributed by atoms with E-state index in [-0.39, 0.29) is 18.4 Å². The van der Waals surface area contributed by atoms with E-state index >= 15 is 0 Å². The maximum atomic E-state index is 13.1. The van der Waals surface area contributed by atoms with E-state index in [1.807, 2.05) is 42.7 Å². The van der Waals surface area contributed by atoms with E-state index in [1.54, 1.807) is 11.8 Å². The fourth-order valence-corrected chi connectivity index (χ4v) is 5.23. The highest BCUT2D eigenvalue weighted by atomic mass is 32.2. The van der Waals surface area contributed by atoms with Crippen molar-refractivity contribution in [2.24, 2.45) is 0 Å². The van der Waals surface area contributed by atoms with Gasteiger partial charge in [0.15, 0.2) is 0 Å². The number of carboxylic acid groups (broad SMARTS) is 1. The molecule has 2 aromatic rings. The van der Waals surface area contributed by atoms with Crippen LogP contribution in [0.4, 0.5) is 4.79 Å². The van der Waals surface area contributed by atoms with Gasteiger partial charge in [-0.05, 0) is 53.5 Å². The van der Waals surface area contributed by atoms with Crippen LogP contribution in [0.2, 0.25) is 0 Å². The Morgan fingerprint density at radius 2 is 1.76 bits per heavy atom. The predicted octanol–water partition coefficient (Wildman–Crippen LogP) is 3.72. The number of nitrogens with zero attached hydrogens (tertiary/aromatic N) is 1. The number of rotatable bonds is 8. The smallest absolute Gasteiger partial charge is 0.407 e. The van der Waals surface area contributed by atoms with Gasteiger partial charge in [-0.2, -0.15) is 11.8 Å². The summed E-state index contributed by atoms with van der Waals surface area (Å²) in [6.45, 7) is 0.544. The summed E-state index contributed by atoms with van der Waals surface area (Å²) in [5, 5.41) is 12.1. The van der Waals surface area contributed by atoms with Crippen LogP contribution in [0.5, 0.6) is 0 Å². The van der Waals surface area contributed by atoms with Crippen LogP contribution in [0.25, 0.3) is 11.1 Å². The van der Waals surface area contributed by atoms with Crippen LogP contribution in [-0.4, -0.2) is 65.2 Å². The molecule has 0 bridgehead atoms. The SMILES string of the molecule is CSCCC(NC(=O)OCC1c2ccccc2-c2ccccc21)C(=O)N1CCCC1C(=O)O. The summed E-state index contributed by atoms with van der Waals surface area (Å²) in [5.74, 6) is -0.780. The van der Waals surface area contributed by atoms with Gasteiger partial charge in [0, 0.05) is 12.5 Å². The van der Waals surface area contributed by atoms with Gasteiger partial charge in [-0.15, -0.1) is 0 Å². The van der Waals surface area contributed by atoms with E-state index in [9.17, 15) is 19.5 Å². The second kappa shape index (κ2) is 10.3. The molecule has 0 spiro atoms. The van der Waals surface area contributed by atoms with Crippen LogP contribution in [0.1, 0.15) is 36.3 Å². The maximum absolute atomic E-state index is 13.1. The van der Waals surface area contributed by atoms with Crippen molar-refractivity contribution in [1.29, 1.82) is 0 Å². The zero-order valence-electron chi connectivity index (χ0n) is 18.5. The molecule has 2 aromatic carbocycles. The minimum absolute atomic E-state index is 0.0709. The summed E-state index contributed by atoms with van der Waals surface area (Å²) in [6.07, 6.45) is 2.74. The third-order valence-corrected chi connectivity index (χ3v) is 7.01. The lowest BCUT2D eigenvalue weighted by Crippen LogP contribution is -2.52. The van der Waals surface area contributed by atoms with Crippen LogP contribution in [0.3, 0.4) is 0 Å². The minimum atomic E-state index is -1.01. The van der Waals surface area contributed by atoms with Gasteiger partial charge in [-0.3, -0.25) is 4.79 Å². The number of thioether (sulfide) groups is 1. The Morgan fingerprint density at radius 1 is 1.12 bits per heavy atom. The van der Waals surface area contributed by atoms with E-state index in [4.69, 9.17) is 4.74 Å². The Kier molecular flexibility index (Phi) is 7.23. The molecule has 7 nitrogen and oxygen atoms in total. The first kappa shape index (κ1) is 23.2. The summed E-state index contributed by atoms with van der Waals surface area (Å²) in [4.78, 5) is 38.7. The van der Waals surface area contributed by atoms with E-state index < -0.39 is 24.1 Å². The number of aliphatic carboxylic acids is 1. The van der Waals surface area contributed by atoms with Gasteiger partial charge in [-0.25, -0.2) is 9.59 Å². The van der Waals surface area contributed by atoms with Gasteiger partial charge < -0.3 is 20.1 Å². The van der Waals surface area contributed by atoms with Gasteiger partial charge in [-0.1, -0.05) is 48.5 Å². The molecule has 0 aromatic heterocycles. The number of hydrogen-bond acceptors (Lipinski definition) is 5. The third-order valence-electron chi connectivity index (χ3n) is 6.37.